The largest absolute Gasteiger partial charge is 0.492 e. The molecule has 0 atom stereocenters. The molecule has 3 aromatic rings. The Balaban J connectivity index is 1.69. The Bertz CT molecular complexity index is 837. The first-order chi connectivity index (χ1) is 11.8. The molecule has 1 aromatic carbocycles. The predicted molar refractivity (Wildman–Crippen MR) is 93.0 cm³/mol. The molecule has 0 unspecified atom stereocenters. The molecule has 24 heavy (non-hydrogen) atoms. The van der Waals surface area contributed by atoms with E-state index in [4.69, 9.17) is 9.72 Å². The minimum atomic E-state index is 0.686. The van der Waals surface area contributed by atoms with Crippen LogP contribution in [0.2, 0.25) is 0 Å². The molecule has 2 aromatic heterocycles. The average molecular weight is 318 g/mol. The van der Waals surface area contributed by atoms with Crippen LogP contribution in [-0.4, -0.2) is 28.6 Å². The topological polar surface area (TPSA) is 51.1 Å². The summed E-state index contributed by atoms with van der Waals surface area (Å²) in [6, 6.07) is 12.3. The summed E-state index contributed by atoms with van der Waals surface area (Å²) in [6.07, 6.45) is 6.00. The summed E-state index contributed by atoms with van der Waals surface area (Å²) < 4.78 is 5.90. The van der Waals surface area contributed by atoms with Crippen LogP contribution in [0, 0.1) is 0 Å². The van der Waals surface area contributed by atoms with Gasteiger partial charge in [0.25, 0.3) is 0 Å². The van der Waals surface area contributed by atoms with Crippen LogP contribution >= 0.6 is 0 Å². The number of rotatable bonds is 4. The van der Waals surface area contributed by atoms with Crippen molar-refractivity contribution < 1.29 is 4.74 Å². The molecule has 1 aliphatic rings. The van der Waals surface area contributed by atoms with Crippen molar-refractivity contribution in [1.29, 1.82) is 0 Å². The minimum Gasteiger partial charge on any atom is -0.492 e. The Kier molecular flexibility index (Phi) is 3.83. The van der Waals surface area contributed by atoms with Crippen molar-refractivity contribution in [1.82, 2.24) is 15.0 Å². The van der Waals surface area contributed by atoms with Gasteiger partial charge < -0.3 is 9.64 Å². The van der Waals surface area contributed by atoms with E-state index in [0.29, 0.717) is 6.61 Å². The maximum absolute atomic E-state index is 5.90. The van der Waals surface area contributed by atoms with Crippen molar-refractivity contribution in [2.24, 2.45) is 0 Å². The van der Waals surface area contributed by atoms with Crippen molar-refractivity contribution in [2.75, 3.05) is 18.6 Å². The van der Waals surface area contributed by atoms with Crippen LogP contribution in [0.5, 0.6) is 5.75 Å². The number of anilines is 1. The molecule has 0 radical (unpaired) electrons. The molecule has 0 fully saturated rings. The van der Waals surface area contributed by atoms with Crippen LogP contribution in [0.3, 0.4) is 0 Å². The van der Waals surface area contributed by atoms with Gasteiger partial charge in [0, 0.05) is 38.0 Å². The lowest BCUT2D eigenvalue weighted by Gasteiger charge is -2.21. The van der Waals surface area contributed by atoms with Crippen LogP contribution < -0.4 is 9.64 Å². The van der Waals surface area contributed by atoms with Crippen LogP contribution in [0.1, 0.15) is 11.1 Å². The molecule has 3 heterocycles. The molecular weight excluding hydrogens is 300 g/mol. The first kappa shape index (κ1) is 14.6. The second kappa shape index (κ2) is 6.28. The smallest absolute Gasteiger partial charge is 0.137 e. The molecule has 0 aliphatic carbocycles. The average Bonchev–Trinajstić information content (AvgIpc) is 3.12. The first-order valence-electron chi connectivity index (χ1n) is 7.99. The summed E-state index contributed by atoms with van der Waals surface area (Å²) in [5, 5.41) is 0. The maximum Gasteiger partial charge on any atom is 0.137 e. The van der Waals surface area contributed by atoms with E-state index in [9.17, 15) is 0 Å². The molecule has 5 nitrogen and oxygen atoms in total. The van der Waals surface area contributed by atoms with Gasteiger partial charge in [-0.2, -0.15) is 0 Å². The summed E-state index contributed by atoms with van der Waals surface area (Å²) in [7, 11) is 2.07. The lowest BCUT2D eigenvalue weighted by Crippen LogP contribution is -2.19. The van der Waals surface area contributed by atoms with Crippen molar-refractivity contribution >= 4 is 5.82 Å². The van der Waals surface area contributed by atoms with E-state index in [0.717, 1.165) is 41.4 Å². The molecule has 0 spiro atoms. The molecule has 0 amide bonds. The quantitative estimate of drug-likeness (QED) is 0.740. The Morgan fingerprint density at radius 3 is 2.79 bits per heavy atom. The lowest BCUT2D eigenvalue weighted by molar-refractivity contribution is 0.358. The zero-order valence-electron chi connectivity index (χ0n) is 13.5. The molecule has 1 aliphatic heterocycles. The third-order valence-corrected chi connectivity index (χ3v) is 4.19. The third-order valence-electron chi connectivity index (χ3n) is 4.19. The van der Waals surface area contributed by atoms with Gasteiger partial charge in [-0.05, 0) is 11.6 Å². The fraction of sp³-hybridized carbons (Fsp3) is 0.211. The molecule has 0 saturated carbocycles. The van der Waals surface area contributed by atoms with E-state index in [1.807, 2.05) is 18.3 Å². The van der Waals surface area contributed by atoms with Gasteiger partial charge >= 0.3 is 0 Å². The SMILES string of the molecule is CN(Cc1ccccc1)c1ncc(-c2ccncn2)c2c1CCO2. The van der Waals surface area contributed by atoms with Crippen molar-refractivity contribution in [3.05, 3.63) is 66.2 Å². The lowest BCUT2D eigenvalue weighted by atomic mass is 10.1. The van der Waals surface area contributed by atoms with E-state index in [1.54, 1.807) is 12.5 Å². The fourth-order valence-corrected chi connectivity index (χ4v) is 3.07. The summed E-state index contributed by atoms with van der Waals surface area (Å²) in [5.41, 5.74) is 4.19. The summed E-state index contributed by atoms with van der Waals surface area (Å²) in [5.74, 6) is 1.88. The van der Waals surface area contributed by atoms with Crippen LogP contribution in [0.15, 0.2) is 55.1 Å². The minimum absolute atomic E-state index is 0.686. The predicted octanol–water partition coefficient (Wildman–Crippen LogP) is 3.11. The highest BCUT2D eigenvalue weighted by Crippen LogP contribution is 2.39. The van der Waals surface area contributed by atoms with Crippen molar-refractivity contribution in [3.63, 3.8) is 0 Å². The van der Waals surface area contributed by atoms with Crippen molar-refractivity contribution in [3.8, 4) is 17.0 Å². The van der Waals surface area contributed by atoms with Gasteiger partial charge in [-0.25, -0.2) is 15.0 Å². The van der Waals surface area contributed by atoms with E-state index >= 15 is 0 Å². The summed E-state index contributed by atoms with van der Waals surface area (Å²) in [6.45, 7) is 1.50. The normalized spacial score (nSPS) is 12.5. The number of benzene rings is 1. The van der Waals surface area contributed by atoms with E-state index in [-0.39, 0.29) is 0 Å². The standard InChI is InChI=1S/C19H18N4O/c1-23(12-14-5-3-2-4-6-14)19-15-8-10-24-18(15)16(11-21-19)17-7-9-20-13-22-17/h2-7,9,11,13H,8,10,12H2,1H3. The number of fused-ring (bicyclic) bond motifs is 1. The molecule has 120 valence electrons. The van der Waals surface area contributed by atoms with Gasteiger partial charge in [0.15, 0.2) is 0 Å². The van der Waals surface area contributed by atoms with Gasteiger partial charge in [-0.3, -0.25) is 0 Å². The van der Waals surface area contributed by atoms with Crippen LogP contribution in [0.25, 0.3) is 11.3 Å². The second-order valence-corrected chi connectivity index (χ2v) is 5.84. The Labute approximate surface area is 141 Å². The molecule has 4 rings (SSSR count). The number of hydrogen-bond acceptors (Lipinski definition) is 5. The first-order valence-corrected chi connectivity index (χ1v) is 7.99. The molecular formula is C19H18N4O. The van der Waals surface area contributed by atoms with Crippen molar-refractivity contribution in [2.45, 2.75) is 13.0 Å². The highest BCUT2D eigenvalue weighted by Gasteiger charge is 2.24. The Hall–Kier alpha value is -2.95. The molecule has 5 heteroatoms. The Morgan fingerprint density at radius 2 is 2.00 bits per heavy atom. The van der Waals surface area contributed by atoms with Gasteiger partial charge in [0.1, 0.15) is 17.9 Å². The third kappa shape index (κ3) is 2.69. The zero-order valence-corrected chi connectivity index (χ0v) is 13.5. The summed E-state index contributed by atoms with van der Waals surface area (Å²) >= 11 is 0. The van der Waals surface area contributed by atoms with Crippen LogP contribution in [-0.2, 0) is 13.0 Å². The highest BCUT2D eigenvalue weighted by molar-refractivity contribution is 5.73. The maximum atomic E-state index is 5.90. The zero-order chi connectivity index (χ0) is 16.4. The second-order valence-electron chi connectivity index (χ2n) is 5.84. The number of pyridine rings is 1. The van der Waals surface area contributed by atoms with E-state index in [2.05, 4.69) is 46.2 Å². The van der Waals surface area contributed by atoms with Crippen LogP contribution in [0.4, 0.5) is 5.82 Å². The highest BCUT2D eigenvalue weighted by atomic mass is 16.5. The fourth-order valence-electron chi connectivity index (χ4n) is 3.07. The van der Waals surface area contributed by atoms with Gasteiger partial charge in [-0.1, -0.05) is 30.3 Å². The molecule has 0 N–H and O–H groups in total. The number of nitrogens with zero attached hydrogens (tertiary/aromatic N) is 4. The Morgan fingerprint density at radius 1 is 1.12 bits per heavy atom. The van der Waals surface area contributed by atoms with E-state index in [1.165, 1.54) is 5.56 Å². The molecule has 0 saturated heterocycles. The molecule has 0 bridgehead atoms. The number of hydrogen-bond donors (Lipinski definition) is 0. The van der Waals surface area contributed by atoms with Gasteiger partial charge in [-0.15, -0.1) is 0 Å². The van der Waals surface area contributed by atoms with Gasteiger partial charge in [0.05, 0.1) is 17.9 Å². The number of aromatic nitrogens is 3. The van der Waals surface area contributed by atoms with Gasteiger partial charge in [0.2, 0.25) is 0 Å². The number of ether oxygens (including phenoxy) is 1. The van der Waals surface area contributed by atoms with E-state index < -0.39 is 0 Å². The monoisotopic (exact) mass is 318 g/mol. The summed E-state index contributed by atoms with van der Waals surface area (Å²) in [4.78, 5) is 15.2.